The number of aliphatic hydroxyl groups excluding tert-OH is 1. The van der Waals surface area contributed by atoms with Crippen LogP contribution in [0.2, 0.25) is 0 Å². The first-order chi connectivity index (χ1) is 10.2. The molecule has 0 radical (unpaired) electrons. The van der Waals surface area contributed by atoms with Crippen LogP contribution in [0.5, 0.6) is 5.75 Å². The molecule has 21 heavy (non-hydrogen) atoms. The van der Waals surface area contributed by atoms with Gasteiger partial charge in [-0.3, -0.25) is 0 Å². The smallest absolute Gasteiger partial charge is 0.125 e. The number of ether oxygens (including phenoxy) is 2. The van der Waals surface area contributed by atoms with Gasteiger partial charge < -0.3 is 14.6 Å². The van der Waals surface area contributed by atoms with E-state index in [0.29, 0.717) is 13.0 Å². The van der Waals surface area contributed by atoms with Crippen LogP contribution >= 0.6 is 0 Å². The molecule has 1 aromatic carbocycles. The minimum Gasteiger partial charge on any atom is -0.490 e. The summed E-state index contributed by atoms with van der Waals surface area (Å²) in [6.07, 6.45) is 7.77. The van der Waals surface area contributed by atoms with Crippen molar-refractivity contribution < 1.29 is 14.6 Å². The standard InChI is InChI=1S/C18H26O3/c1-2-16(19)15-7-3-4-8-17(15)20-13-14-9-12-18(21-14)10-5-6-11-18/h3-4,7-8,14,16,19H,2,5-6,9-13H2,1H3/t14?,16-/m0/s1. The molecule has 1 aromatic rings. The molecule has 0 amide bonds. The Bertz CT molecular complexity index is 465. The molecule has 1 unspecified atom stereocenters. The highest BCUT2D eigenvalue weighted by Gasteiger charge is 2.42. The van der Waals surface area contributed by atoms with E-state index in [4.69, 9.17) is 9.47 Å². The third-order valence-electron chi connectivity index (χ3n) is 4.94. The highest BCUT2D eigenvalue weighted by Crippen LogP contribution is 2.43. The minimum absolute atomic E-state index is 0.163. The van der Waals surface area contributed by atoms with Crippen molar-refractivity contribution in [3.63, 3.8) is 0 Å². The lowest BCUT2D eigenvalue weighted by molar-refractivity contribution is -0.0511. The Labute approximate surface area is 127 Å². The van der Waals surface area contributed by atoms with Crippen molar-refractivity contribution in [3.05, 3.63) is 29.8 Å². The summed E-state index contributed by atoms with van der Waals surface area (Å²) in [5.41, 5.74) is 1.05. The summed E-state index contributed by atoms with van der Waals surface area (Å²) in [7, 11) is 0. The molecule has 0 bridgehead atoms. The van der Waals surface area contributed by atoms with Gasteiger partial charge in [-0.2, -0.15) is 0 Å². The van der Waals surface area contributed by atoms with E-state index < -0.39 is 6.10 Å². The maximum absolute atomic E-state index is 10.1. The Morgan fingerprint density at radius 3 is 2.81 bits per heavy atom. The van der Waals surface area contributed by atoms with Crippen LogP contribution in [0.4, 0.5) is 0 Å². The number of para-hydroxylation sites is 1. The van der Waals surface area contributed by atoms with Gasteiger partial charge in [-0.15, -0.1) is 0 Å². The van der Waals surface area contributed by atoms with Crippen molar-refractivity contribution in [1.29, 1.82) is 0 Å². The fraction of sp³-hybridized carbons (Fsp3) is 0.667. The Hall–Kier alpha value is -1.06. The maximum Gasteiger partial charge on any atom is 0.125 e. The van der Waals surface area contributed by atoms with E-state index in [-0.39, 0.29) is 11.7 Å². The number of rotatable bonds is 5. The molecule has 2 aliphatic rings. The van der Waals surface area contributed by atoms with Crippen LogP contribution in [0, 0.1) is 0 Å². The average Bonchev–Trinajstić information content (AvgIpc) is 3.15. The first-order valence-electron chi connectivity index (χ1n) is 8.30. The number of hydrogen-bond acceptors (Lipinski definition) is 3. The van der Waals surface area contributed by atoms with Crippen LogP contribution in [0.25, 0.3) is 0 Å². The van der Waals surface area contributed by atoms with Gasteiger partial charge in [-0.25, -0.2) is 0 Å². The molecule has 1 aliphatic heterocycles. The zero-order chi connectivity index (χ0) is 14.7. The fourth-order valence-electron chi connectivity index (χ4n) is 3.69. The SMILES string of the molecule is CC[C@H](O)c1ccccc1OCC1CCC2(CCCC2)O1. The molecular formula is C18H26O3. The van der Waals surface area contributed by atoms with E-state index in [2.05, 4.69) is 0 Å². The van der Waals surface area contributed by atoms with Gasteiger partial charge in [-0.1, -0.05) is 38.0 Å². The summed E-state index contributed by atoms with van der Waals surface area (Å²) in [6, 6.07) is 7.78. The van der Waals surface area contributed by atoms with E-state index in [1.165, 1.54) is 32.1 Å². The quantitative estimate of drug-likeness (QED) is 0.890. The van der Waals surface area contributed by atoms with Crippen molar-refractivity contribution in [2.24, 2.45) is 0 Å². The normalized spacial score (nSPS) is 25.3. The zero-order valence-corrected chi connectivity index (χ0v) is 12.9. The first-order valence-corrected chi connectivity index (χ1v) is 8.30. The molecule has 1 saturated heterocycles. The van der Waals surface area contributed by atoms with Crippen molar-refractivity contribution >= 4 is 0 Å². The Morgan fingerprint density at radius 2 is 2.05 bits per heavy atom. The molecule has 1 saturated carbocycles. The molecule has 3 rings (SSSR count). The number of hydrogen-bond donors (Lipinski definition) is 1. The lowest BCUT2D eigenvalue weighted by atomic mass is 9.98. The molecule has 0 aromatic heterocycles. The summed E-state index contributed by atoms with van der Waals surface area (Å²) in [6.45, 7) is 2.57. The molecule has 1 spiro atoms. The lowest BCUT2D eigenvalue weighted by Crippen LogP contribution is -2.27. The van der Waals surface area contributed by atoms with E-state index in [1.54, 1.807) is 0 Å². The predicted octanol–water partition coefficient (Wildman–Crippen LogP) is 4.00. The Kier molecular flexibility index (Phi) is 4.51. The highest BCUT2D eigenvalue weighted by atomic mass is 16.6. The second kappa shape index (κ2) is 6.37. The van der Waals surface area contributed by atoms with Crippen LogP contribution in [-0.4, -0.2) is 23.4 Å². The predicted molar refractivity (Wildman–Crippen MR) is 82.5 cm³/mol. The monoisotopic (exact) mass is 290 g/mol. The topological polar surface area (TPSA) is 38.7 Å². The van der Waals surface area contributed by atoms with Gasteiger partial charge in [0.25, 0.3) is 0 Å². The molecule has 3 nitrogen and oxygen atoms in total. The third-order valence-corrected chi connectivity index (χ3v) is 4.94. The minimum atomic E-state index is -0.452. The summed E-state index contributed by atoms with van der Waals surface area (Å²) < 4.78 is 12.2. The summed E-state index contributed by atoms with van der Waals surface area (Å²) >= 11 is 0. The fourth-order valence-corrected chi connectivity index (χ4v) is 3.69. The highest BCUT2D eigenvalue weighted by molar-refractivity contribution is 5.35. The van der Waals surface area contributed by atoms with Gasteiger partial charge in [0.15, 0.2) is 0 Å². The molecule has 116 valence electrons. The van der Waals surface area contributed by atoms with Crippen molar-refractivity contribution in [2.75, 3.05) is 6.61 Å². The van der Waals surface area contributed by atoms with E-state index in [9.17, 15) is 5.11 Å². The Balaban J connectivity index is 1.58. The summed E-state index contributed by atoms with van der Waals surface area (Å²) in [5, 5.41) is 10.1. The molecular weight excluding hydrogens is 264 g/mol. The molecule has 1 aliphatic carbocycles. The van der Waals surface area contributed by atoms with E-state index in [0.717, 1.165) is 17.7 Å². The first kappa shape index (κ1) is 14.9. The number of aliphatic hydroxyl groups is 1. The maximum atomic E-state index is 10.1. The zero-order valence-electron chi connectivity index (χ0n) is 12.9. The van der Waals surface area contributed by atoms with Crippen LogP contribution in [0.3, 0.4) is 0 Å². The van der Waals surface area contributed by atoms with Crippen molar-refractivity contribution in [2.45, 2.75) is 69.7 Å². The lowest BCUT2D eigenvalue weighted by Gasteiger charge is -2.24. The largest absolute Gasteiger partial charge is 0.490 e. The van der Waals surface area contributed by atoms with Gasteiger partial charge in [0.1, 0.15) is 12.4 Å². The second-order valence-electron chi connectivity index (χ2n) is 6.44. The molecule has 2 fully saturated rings. The molecule has 1 heterocycles. The molecule has 1 N–H and O–H groups in total. The van der Waals surface area contributed by atoms with Crippen LogP contribution in [-0.2, 0) is 4.74 Å². The van der Waals surface area contributed by atoms with Gasteiger partial charge >= 0.3 is 0 Å². The van der Waals surface area contributed by atoms with Crippen molar-refractivity contribution in [1.82, 2.24) is 0 Å². The van der Waals surface area contributed by atoms with Gasteiger partial charge in [0, 0.05) is 5.56 Å². The van der Waals surface area contributed by atoms with Crippen LogP contribution in [0.1, 0.15) is 63.5 Å². The van der Waals surface area contributed by atoms with Crippen LogP contribution in [0.15, 0.2) is 24.3 Å². The average molecular weight is 290 g/mol. The van der Waals surface area contributed by atoms with Crippen molar-refractivity contribution in [3.8, 4) is 5.75 Å². The number of benzene rings is 1. The van der Waals surface area contributed by atoms with Crippen LogP contribution < -0.4 is 4.74 Å². The molecule has 3 heteroatoms. The summed E-state index contributed by atoms with van der Waals surface area (Å²) in [4.78, 5) is 0. The third kappa shape index (κ3) is 3.24. The Morgan fingerprint density at radius 1 is 1.29 bits per heavy atom. The van der Waals surface area contributed by atoms with E-state index >= 15 is 0 Å². The van der Waals surface area contributed by atoms with E-state index in [1.807, 2.05) is 31.2 Å². The van der Waals surface area contributed by atoms with Gasteiger partial charge in [0.2, 0.25) is 0 Å². The van der Waals surface area contributed by atoms with Gasteiger partial charge in [0.05, 0.1) is 17.8 Å². The summed E-state index contributed by atoms with van der Waals surface area (Å²) in [5.74, 6) is 0.794. The van der Waals surface area contributed by atoms with Gasteiger partial charge in [-0.05, 0) is 38.2 Å². The molecule has 2 atom stereocenters. The second-order valence-corrected chi connectivity index (χ2v) is 6.44.